The van der Waals surface area contributed by atoms with E-state index >= 15 is 0 Å². The van der Waals surface area contributed by atoms with Crippen LogP contribution >= 0.6 is 11.8 Å². The van der Waals surface area contributed by atoms with Gasteiger partial charge in [-0.25, -0.2) is 0 Å². The smallest absolute Gasteiger partial charge is 0.303 e. The summed E-state index contributed by atoms with van der Waals surface area (Å²) in [6.45, 7) is 2.19. The fraction of sp³-hybridized carbons (Fsp3) is 0.762. The zero-order chi connectivity index (χ0) is 18.1. The maximum Gasteiger partial charge on any atom is 0.303 e. The predicted molar refractivity (Wildman–Crippen MR) is 106 cm³/mol. The Hall–Kier alpha value is -0.740. The van der Waals surface area contributed by atoms with Gasteiger partial charge >= 0.3 is 5.97 Å². The molecule has 3 nitrogen and oxygen atoms in total. The zero-order valence-electron chi connectivity index (χ0n) is 15.5. The fourth-order valence-corrected chi connectivity index (χ4v) is 5.58. The molecule has 5 atom stereocenters. The van der Waals surface area contributed by atoms with E-state index in [0.717, 1.165) is 42.6 Å². The van der Waals surface area contributed by atoms with E-state index in [-0.39, 0.29) is 12.5 Å². The summed E-state index contributed by atoms with van der Waals surface area (Å²) in [6.07, 6.45) is 18.4. The van der Waals surface area contributed by atoms with Crippen molar-refractivity contribution in [3.8, 4) is 0 Å². The van der Waals surface area contributed by atoms with Crippen molar-refractivity contribution in [1.82, 2.24) is 0 Å². The SMILES string of the molecule is CCCCC[C@@H](O)C=C[C@@H]1C[C@@H]2C[C@@H](S2)[C@H]1CC=CCCCC(=O)O. The van der Waals surface area contributed by atoms with Crippen LogP contribution in [-0.2, 0) is 4.79 Å². The van der Waals surface area contributed by atoms with Gasteiger partial charge in [-0.15, -0.1) is 0 Å². The highest BCUT2D eigenvalue weighted by atomic mass is 32.2. The van der Waals surface area contributed by atoms with E-state index in [1.807, 2.05) is 6.08 Å². The van der Waals surface area contributed by atoms with Crippen LogP contribution in [0.3, 0.4) is 0 Å². The summed E-state index contributed by atoms with van der Waals surface area (Å²) in [5.41, 5.74) is 0. The molecule has 1 aliphatic carbocycles. The van der Waals surface area contributed by atoms with Crippen LogP contribution in [0.15, 0.2) is 24.3 Å². The van der Waals surface area contributed by atoms with E-state index < -0.39 is 5.97 Å². The fourth-order valence-electron chi connectivity index (χ4n) is 3.94. The maximum absolute atomic E-state index is 10.5. The van der Waals surface area contributed by atoms with E-state index in [2.05, 4.69) is 36.9 Å². The monoisotopic (exact) mass is 366 g/mol. The van der Waals surface area contributed by atoms with Crippen molar-refractivity contribution in [2.24, 2.45) is 11.8 Å². The summed E-state index contributed by atoms with van der Waals surface area (Å²) in [4.78, 5) is 10.5. The van der Waals surface area contributed by atoms with Crippen LogP contribution in [0.5, 0.6) is 0 Å². The number of thioether (sulfide) groups is 1. The van der Waals surface area contributed by atoms with Crippen LogP contribution < -0.4 is 0 Å². The third-order valence-electron chi connectivity index (χ3n) is 5.45. The molecule has 2 heterocycles. The van der Waals surface area contributed by atoms with Crippen molar-refractivity contribution in [3.63, 3.8) is 0 Å². The highest BCUT2D eigenvalue weighted by Gasteiger charge is 2.44. The molecule has 1 saturated carbocycles. The van der Waals surface area contributed by atoms with Crippen molar-refractivity contribution in [3.05, 3.63) is 24.3 Å². The lowest BCUT2D eigenvalue weighted by Crippen LogP contribution is -2.44. The summed E-state index contributed by atoms with van der Waals surface area (Å²) in [5, 5.41) is 20.4. The number of carboxylic acid groups (broad SMARTS) is 1. The van der Waals surface area contributed by atoms with Crippen molar-refractivity contribution in [2.75, 3.05) is 0 Å². The second-order valence-electron chi connectivity index (χ2n) is 7.54. The van der Waals surface area contributed by atoms with Crippen LogP contribution in [0.4, 0.5) is 0 Å². The molecular formula is C21H34O3S. The lowest BCUT2D eigenvalue weighted by molar-refractivity contribution is -0.137. The summed E-state index contributed by atoms with van der Waals surface area (Å²) >= 11 is 2.14. The van der Waals surface area contributed by atoms with Gasteiger partial charge in [0.1, 0.15) is 0 Å². The molecule has 3 fully saturated rings. The maximum atomic E-state index is 10.5. The molecule has 0 aromatic rings. The number of aliphatic carboxylic acids is 1. The van der Waals surface area contributed by atoms with Crippen LogP contribution in [0.25, 0.3) is 0 Å². The second-order valence-corrected chi connectivity index (χ2v) is 9.08. The van der Waals surface area contributed by atoms with Crippen LogP contribution in [0, 0.1) is 11.8 Å². The van der Waals surface area contributed by atoms with Gasteiger partial charge in [-0.05, 0) is 50.4 Å². The van der Waals surface area contributed by atoms with E-state index in [4.69, 9.17) is 5.11 Å². The normalized spacial score (nSPS) is 29.8. The van der Waals surface area contributed by atoms with E-state index in [1.54, 1.807) is 0 Å². The molecule has 2 bridgehead atoms. The number of hydrogen-bond donors (Lipinski definition) is 2. The van der Waals surface area contributed by atoms with Crippen molar-refractivity contribution >= 4 is 17.7 Å². The summed E-state index contributed by atoms with van der Waals surface area (Å²) in [7, 11) is 0. The minimum atomic E-state index is -0.708. The molecule has 3 rings (SSSR count). The molecule has 0 amide bonds. The number of carbonyl (C=O) groups is 1. The molecule has 25 heavy (non-hydrogen) atoms. The van der Waals surface area contributed by atoms with Gasteiger partial charge in [0.05, 0.1) is 6.10 Å². The molecule has 2 aliphatic heterocycles. The Balaban J connectivity index is 1.76. The Morgan fingerprint density at radius 2 is 2.04 bits per heavy atom. The highest BCUT2D eigenvalue weighted by Crippen LogP contribution is 2.54. The second kappa shape index (κ2) is 11.1. The Morgan fingerprint density at radius 1 is 1.24 bits per heavy atom. The van der Waals surface area contributed by atoms with Gasteiger partial charge in [-0.1, -0.05) is 50.5 Å². The lowest BCUT2D eigenvalue weighted by Gasteiger charge is -2.49. The first-order chi connectivity index (χ1) is 12.1. The van der Waals surface area contributed by atoms with Gasteiger partial charge in [0.15, 0.2) is 0 Å². The molecule has 0 unspecified atom stereocenters. The third kappa shape index (κ3) is 7.18. The molecular weight excluding hydrogens is 332 g/mol. The van der Waals surface area contributed by atoms with Crippen molar-refractivity contribution in [1.29, 1.82) is 0 Å². The average molecular weight is 367 g/mol. The zero-order valence-corrected chi connectivity index (χ0v) is 16.3. The van der Waals surface area contributed by atoms with Gasteiger partial charge in [-0.3, -0.25) is 4.79 Å². The Labute approximate surface area is 157 Å². The van der Waals surface area contributed by atoms with E-state index in [9.17, 15) is 9.90 Å². The van der Waals surface area contributed by atoms with Crippen LogP contribution in [0.1, 0.15) is 71.1 Å². The standard InChI is InChI=1S/C21H34O3S/c1-2-3-6-9-17(22)13-12-16-14-18-15-20(25-18)19(16)10-7-4-5-8-11-21(23)24/h4,7,12-13,16-20,22H,2-3,5-6,8-11,14-15H2,1H3,(H,23,24)/t16-,17-,18-,19+,20-/m1/s1. The Kier molecular flexibility index (Phi) is 9.11. The Bertz CT molecular complexity index is 454. The van der Waals surface area contributed by atoms with Crippen LogP contribution in [-0.4, -0.2) is 32.8 Å². The highest BCUT2D eigenvalue weighted by molar-refractivity contribution is 8.01. The number of unbranched alkanes of at least 4 members (excludes halogenated alkanes) is 3. The third-order valence-corrected chi connectivity index (χ3v) is 7.11. The quantitative estimate of drug-likeness (QED) is 0.368. The first kappa shape index (κ1) is 20.6. The number of aliphatic hydroxyl groups excluding tert-OH is 1. The lowest BCUT2D eigenvalue weighted by atomic mass is 9.75. The number of hydrogen-bond acceptors (Lipinski definition) is 3. The number of carboxylic acids is 1. The molecule has 0 aromatic carbocycles. The van der Waals surface area contributed by atoms with Gasteiger partial charge in [0.2, 0.25) is 0 Å². The van der Waals surface area contributed by atoms with Crippen molar-refractivity contribution < 1.29 is 15.0 Å². The number of rotatable bonds is 12. The topological polar surface area (TPSA) is 57.5 Å². The van der Waals surface area contributed by atoms with Gasteiger partial charge in [0.25, 0.3) is 0 Å². The van der Waals surface area contributed by atoms with Gasteiger partial charge in [-0.2, -0.15) is 11.8 Å². The summed E-state index contributed by atoms with van der Waals surface area (Å²) in [5.74, 6) is 0.555. The van der Waals surface area contributed by atoms with Crippen molar-refractivity contribution in [2.45, 2.75) is 87.7 Å². The molecule has 0 aromatic heterocycles. The first-order valence-electron chi connectivity index (χ1n) is 9.98. The van der Waals surface area contributed by atoms with E-state index in [1.165, 1.54) is 25.7 Å². The number of aliphatic hydroxyl groups is 1. The predicted octanol–water partition coefficient (Wildman–Crippen LogP) is 5.20. The van der Waals surface area contributed by atoms with Gasteiger partial charge < -0.3 is 10.2 Å². The van der Waals surface area contributed by atoms with Gasteiger partial charge in [0, 0.05) is 16.9 Å². The minimum Gasteiger partial charge on any atom is -0.481 e. The molecule has 0 radical (unpaired) electrons. The molecule has 0 spiro atoms. The summed E-state index contributed by atoms with van der Waals surface area (Å²) < 4.78 is 0. The summed E-state index contributed by atoms with van der Waals surface area (Å²) in [6, 6.07) is 0. The molecule has 142 valence electrons. The largest absolute Gasteiger partial charge is 0.481 e. The molecule has 2 saturated heterocycles. The Morgan fingerprint density at radius 3 is 2.76 bits per heavy atom. The average Bonchev–Trinajstić information content (AvgIpc) is 2.55. The molecule has 3 aliphatic rings. The number of fused-ring (bicyclic) bond motifs is 2. The molecule has 2 N–H and O–H groups in total. The number of allylic oxidation sites excluding steroid dienone is 3. The molecule has 4 heteroatoms. The van der Waals surface area contributed by atoms with E-state index in [0.29, 0.717) is 11.8 Å². The van der Waals surface area contributed by atoms with Crippen LogP contribution in [0.2, 0.25) is 0 Å². The minimum absolute atomic E-state index is 0.259. The first-order valence-corrected chi connectivity index (χ1v) is 10.9.